The second-order valence-corrected chi connectivity index (χ2v) is 8.88. The van der Waals surface area contributed by atoms with Gasteiger partial charge < -0.3 is 10.0 Å². The highest BCUT2D eigenvalue weighted by atomic mass is 16.4. The van der Waals surface area contributed by atoms with Gasteiger partial charge in [0.1, 0.15) is 0 Å². The molecule has 0 radical (unpaired) electrons. The summed E-state index contributed by atoms with van der Waals surface area (Å²) in [5.74, 6) is -0.893. The Morgan fingerprint density at radius 3 is 2.43 bits per heavy atom. The maximum absolute atomic E-state index is 13.6. The van der Waals surface area contributed by atoms with E-state index in [2.05, 4.69) is 6.07 Å². The van der Waals surface area contributed by atoms with Crippen molar-refractivity contribution in [2.45, 2.75) is 38.6 Å². The quantitative estimate of drug-likeness (QED) is 0.408. The Bertz CT molecular complexity index is 1270. The summed E-state index contributed by atoms with van der Waals surface area (Å²) in [6.07, 6.45) is 7.75. The lowest BCUT2D eigenvalue weighted by molar-refractivity contribution is -0.131. The summed E-state index contributed by atoms with van der Waals surface area (Å²) in [5.41, 5.74) is 4.94. The number of nitrogens with zero attached hydrogens (tertiary/aromatic N) is 2. The van der Waals surface area contributed by atoms with Crippen molar-refractivity contribution in [1.82, 2.24) is 0 Å². The van der Waals surface area contributed by atoms with Gasteiger partial charge in [0, 0.05) is 17.7 Å². The van der Waals surface area contributed by atoms with Crippen LogP contribution < -0.4 is 4.90 Å². The molecule has 0 aliphatic heterocycles. The number of carbonyl (C=O) groups excluding carboxylic acids is 1. The van der Waals surface area contributed by atoms with Crippen molar-refractivity contribution in [3.63, 3.8) is 0 Å². The van der Waals surface area contributed by atoms with E-state index in [1.807, 2.05) is 71.6 Å². The Hall–Kier alpha value is -4.17. The van der Waals surface area contributed by atoms with Crippen molar-refractivity contribution in [3.8, 4) is 17.2 Å². The third-order valence-corrected chi connectivity index (χ3v) is 6.47. The van der Waals surface area contributed by atoms with Gasteiger partial charge in [0.15, 0.2) is 0 Å². The highest BCUT2D eigenvalue weighted by molar-refractivity contribution is 5.95. The van der Waals surface area contributed by atoms with Gasteiger partial charge in [-0.05, 0) is 59.4 Å². The van der Waals surface area contributed by atoms with E-state index in [0.717, 1.165) is 59.7 Å². The number of nitriles is 1. The van der Waals surface area contributed by atoms with Crippen molar-refractivity contribution in [2.24, 2.45) is 5.92 Å². The first kappa shape index (κ1) is 24.0. The lowest BCUT2D eigenvalue weighted by Gasteiger charge is -2.30. The van der Waals surface area contributed by atoms with E-state index in [4.69, 9.17) is 5.11 Å². The molecule has 176 valence electrons. The summed E-state index contributed by atoms with van der Waals surface area (Å²) in [4.78, 5) is 26.4. The van der Waals surface area contributed by atoms with Crippen LogP contribution in [0.4, 0.5) is 5.69 Å². The first-order valence-corrected chi connectivity index (χ1v) is 12.0. The van der Waals surface area contributed by atoms with Gasteiger partial charge in [0.25, 0.3) is 0 Å². The molecule has 0 saturated heterocycles. The van der Waals surface area contributed by atoms with Crippen LogP contribution in [0.25, 0.3) is 17.2 Å². The highest BCUT2D eigenvalue weighted by Crippen LogP contribution is 2.30. The Balaban J connectivity index is 1.63. The number of anilines is 1. The van der Waals surface area contributed by atoms with E-state index in [-0.39, 0.29) is 11.8 Å². The van der Waals surface area contributed by atoms with Crippen LogP contribution in [-0.2, 0) is 16.1 Å². The van der Waals surface area contributed by atoms with Crippen molar-refractivity contribution in [2.75, 3.05) is 4.90 Å². The van der Waals surface area contributed by atoms with Gasteiger partial charge in [0.2, 0.25) is 5.91 Å². The van der Waals surface area contributed by atoms with Crippen LogP contribution in [-0.4, -0.2) is 17.0 Å². The van der Waals surface area contributed by atoms with E-state index in [1.54, 1.807) is 6.07 Å². The van der Waals surface area contributed by atoms with Gasteiger partial charge in [0.05, 0.1) is 18.2 Å². The first-order valence-electron chi connectivity index (χ1n) is 12.0. The number of hydrogen-bond donors (Lipinski definition) is 1. The van der Waals surface area contributed by atoms with Crippen LogP contribution in [0.3, 0.4) is 0 Å². The van der Waals surface area contributed by atoms with Gasteiger partial charge in [-0.1, -0.05) is 73.9 Å². The van der Waals surface area contributed by atoms with Crippen molar-refractivity contribution in [3.05, 3.63) is 95.6 Å². The molecule has 0 heterocycles. The standard InChI is InChI=1S/C30H28N2O3/c31-20-26-10-4-5-12-28(26)24-16-13-23(14-17-24)21-32(30(35)25-8-2-1-3-9-25)27-11-6-7-22(19-27)15-18-29(33)34/h4-7,10-19,25H,1-3,8-9,21H2,(H,33,34). The molecule has 1 saturated carbocycles. The second kappa shape index (κ2) is 11.3. The molecule has 0 bridgehead atoms. The van der Waals surface area contributed by atoms with E-state index in [0.29, 0.717) is 12.1 Å². The van der Waals surface area contributed by atoms with Gasteiger partial charge >= 0.3 is 5.97 Å². The molecular weight excluding hydrogens is 436 g/mol. The Morgan fingerprint density at radius 1 is 0.971 bits per heavy atom. The summed E-state index contributed by atoms with van der Waals surface area (Å²) in [6, 6.07) is 25.2. The zero-order chi connectivity index (χ0) is 24.6. The van der Waals surface area contributed by atoms with Crippen molar-refractivity contribution in [1.29, 1.82) is 5.26 Å². The molecule has 1 aliphatic carbocycles. The molecule has 1 aliphatic rings. The van der Waals surface area contributed by atoms with E-state index in [1.165, 1.54) is 12.5 Å². The topological polar surface area (TPSA) is 81.4 Å². The molecule has 5 heteroatoms. The molecule has 0 spiro atoms. The smallest absolute Gasteiger partial charge is 0.328 e. The highest BCUT2D eigenvalue weighted by Gasteiger charge is 2.27. The molecule has 1 fully saturated rings. The monoisotopic (exact) mass is 464 g/mol. The van der Waals surface area contributed by atoms with Crippen molar-refractivity contribution < 1.29 is 14.7 Å². The summed E-state index contributed by atoms with van der Waals surface area (Å²) in [6.45, 7) is 0.418. The number of benzene rings is 3. The van der Waals surface area contributed by atoms with Crippen LogP contribution in [0.2, 0.25) is 0 Å². The number of carboxylic acid groups (broad SMARTS) is 1. The van der Waals surface area contributed by atoms with Crippen LogP contribution in [0.15, 0.2) is 78.9 Å². The predicted octanol–water partition coefficient (Wildman–Crippen LogP) is 6.44. The zero-order valence-corrected chi connectivity index (χ0v) is 19.6. The second-order valence-electron chi connectivity index (χ2n) is 8.88. The normalized spacial score (nSPS) is 13.9. The van der Waals surface area contributed by atoms with Crippen LogP contribution >= 0.6 is 0 Å². The molecule has 1 amide bonds. The number of aliphatic carboxylic acids is 1. The molecule has 4 rings (SSSR count). The van der Waals surface area contributed by atoms with Gasteiger partial charge in [-0.15, -0.1) is 0 Å². The minimum Gasteiger partial charge on any atom is -0.478 e. The first-order chi connectivity index (χ1) is 17.0. The number of rotatable bonds is 7. The summed E-state index contributed by atoms with van der Waals surface area (Å²) in [5, 5.41) is 18.4. The van der Waals surface area contributed by atoms with Crippen LogP contribution in [0, 0.1) is 17.2 Å². The molecule has 0 atom stereocenters. The van der Waals surface area contributed by atoms with Crippen LogP contribution in [0.5, 0.6) is 0 Å². The number of hydrogen-bond acceptors (Lipinski definition) is 3. The summed E-state index contributed by atoms with van der Waals surface area (Å²) in [7, 11) is 0. The maximum Gasteiger partial charge on any atom is 0.328 e. The Morgan fingerprint density at radius 2 is 1.71 bits per heavy atom. The third-order valence-electron chi connectivity index (χ3n) is 6.47. The predicted molar refractivity (Wildman–Crippen MR) is 137 cm³/mol. The SMILES string of the molecule is N#Cc1ccccc1-c1ccc(CN(C(=O)C2CCCCC2)c2cccc(C=CC(=O)O)c2)cc1. The third kappa shape index (κ3) is 6.04. The van der Waals surface area contributed by atoms with Gasteiger partial charge in [-0.3, -0.25) is 4.79 Å². The molecular formula is C30H28N2O3. The number of carboxylic acids is 1. The average Bonchev–Trinajstić information content (AvgIpc) is 2.91. The molecule has 35 heavy (non-hydrogen) atoms. The lowest BCUT2D eigenvalue weighted by Crippen LogP contribution is -2.36. The fourth-order valence-electron chi connectivity index (χ4n) is 4.63. The van der Waals surface area contributed by atoms with E-state index < -0.39 is 5.97 Å². The zero-order valence-electron chi connectivity index (χ0n) is 19.6. The van der Waals surface area contributed by atoms with Gasteiger partial charge in [-0.25, -0.2) is 4.79 Å². The fourth-order valence-corrected chi connectivity index (χ4v) is 4.63. The molecule has 0 aromatic heterocycles. The molecule has 1 N–H and O–H groups in total. The van der Waals surface area contributed by atoms with Crippen LogP contribution in [0.1, 0.15) is 48.8 Å². The summed E-state index contributed by atoms with van der Waals surface area (Å²) >= 11 is 0. The number of amides is 1. The summed E-state index contributed by atoms with van der Waals surface area (Å²) < 4.78 is 0. The minimum absolute atomic E-state index is 0.00347. The van der Waals surface area contributed by atoms with E-state index >= 15 is 0 Å². The molecule has 0 unspecified atom stereocenters. The molecule has 5 nitrogen and oxygen atoms in total. The average molecular weight is 465 g/mol. The minimum atomic E-state index is -1.01. The van der Waals surface area contributed by atoms with Gasteiger partial charge in [-0.2, -0.15) is 5.26 Å². The Labute approximate surface area is 205 Å². The molecule has 3 aromatic carbocycles. The number of carbonyl (C=O) groups is 2. The fraction of sp³-hybridized carbons (Fsp3) is 0.233. The Kier molecular flexibility index (Phi) is 7.74. The molecule has 3 aromatic rings. The van der Waals surface area contributed by atoms with E-state index in [9.17, 15) is 14.9 Å². The largest absolute Gasteiger partial charge is 0.478 e. The maximum atomic E-state index is 13.6. The lowest BCUT2D eigenvalue weighted by atomic mass is 9.88. The van der Waals surface area contributed by atoms with Crippen molar-refractivity contribution >= 4 is 23.6 Å².